The third kappa shape index (κ3) is 2.49. The lowest BCUT2D eigenvalue weighted by atomic mass is 10.1. The zero-order valence-corrected chi connectivity index (χ0v) is 11.0. The first-order valence-corrected chi connectivity index (χ1v) is 5.95. The minimum atomic E-state index is -0.648. The van der Waals surface area contributed by atoms with E-state index < -0.39 is 17.9 Å². The average molecular weight is 265 g/mol. The normalized spacial score (nSPS) is 19.5. The number of hydrogen-bond donors (Lipinski definition) is 1. The molecule has 1 fully saturated rings. The predicted octanol–water partition coefficient (Wildman–Crippen LogP) is -0.293. The zero-order chi connectivity index (χ0) is 14.2. The molecule has 102 valence electrons. The summed E-state index contributed by atoms with van der Waals surface area (Å²) in [4.78, 5) is 36.3. The van der Waals surface area contributed by atoms with Crippen LogP contribution < -0.4 is 5.32 Å². The standard InChI is InChI=1S/C12H15N3O4/c1-6-9(8(3)19-14-6)4-11(17)15-5-10(16)13-12(18)7(15)2/h7H,4-5H2,1-3H3,(H,13,16,18). The van der Waals surface area contributed by atoms with E-state index in [9.17, 15) is 14.4 Å². The van der Waals surface area contributed by atoms with Gasteiger partial charge >= 0.3 is 0 Å². The second kappa shape index (κ2) is 4.83. The van der Waals surface area contributed by atoms with Crippen LogP contribution in [0.5, 0.6) is 0 Å². The number of carbonyl (C=O) groups is 3. The Labute approximate surface area is 109 Å². The van der Waals surface area contributed by atoms with Gasteiger partial charge in [-0.15, -0.1) is 0 Å². The maximum absolute atomic E-state index is 12.2. The highest BCUT2D eigenvalue weighted by Crippen LogP contribution is 2.15. The fourth-order valence-corrected chi connectivity index (χ4v) is 2.03. The molecule has 7 heteroatoms. The van der Waals surface area contributed by atoms with E-state index in [1.54, 1.807) is 20.8 Å². The maximum Gasteiger partial charge on any atom is 0.249 e. The molecule has 0 saturated carbocycles. The molecule has 0 aromatic carbocycles. The van der Waals surface area contributed by atoms with Gasteiger partial charge in [0.05, 0.1) is 12.1 Å². The first kappa shape index (κ1) is 13.3. The van der Waals surface area contributed by atoms with Gasteiger partial charge in [-0.3, -0.25) is 19.7 Å². The van der Waals surface area contributed by atoms with Gasteiger partial charge in [-0.05, 0) is 20.8 Å². The van der Waals surface area contributed by atoms with Crippen LogP contribution in [0.15, 0.2) is 4.52 Å². The SMILES string of the molecule is Cc1noc(C)c1CC(=O)N1CC(=O)NC(=O)C1C. The highest BCUT2D eigenvalue weighted by molar-refractivity contribution is 6.04. The van der Waals surface area contributed by atoms with Crippen LogP contribution >= 0.6 is 0 Å². The Morgan fingerprint density at radius 2 is 2.16 bits per heavy atom. The van der Waals surface area contributed by atoms with Gasteiger partial charge in [0.2, 0.25) is 17.7 Å². The highest BCUT2D eigenvalue weighted by Gasteiger charge is 2.33. The van der Waals surface area contributed by atoms with Gasteiger partial charge in [0.25, 0.3) is 0 Å². The average Bonchev–Trinajstić information content (AvgIpc) is 2.65. The summed E-state index contributed by atoms with van der Waals surface area (Å²) >= 11 is 0. The van der Waals surface area contributed by atoms with Crippen LogP contribution in [0.1, 0.15) is 23.9 Å². The van der Waals surface area contributed by atoms with Gasteiger partial charge in [-0.25, -0.2) is 0 Å². The molecule has 3 amide bonds. The number of aryl methyl sites for hydroxylation is 2. The Bertz CT molecular complexity index is 530. The van der Waals surface area contributed by atoms with Crippen molar-refractivity contribution in [2.45, 2.75) is 33.2 Å². The number of rotatable bonds is 2. The third-order valence-electron chi connectivity index (χ3n) is 3.25. The summed E-state index contributed by atoms with van der Waals surface area (Å²) in [5.41, 5.74) is 1.35. The van der Waals surface area contributed by atoms with Crippen molar-refractivity contribution in [2.75, 3.05) is 6.54 Å². The second-order valence-electron chi connectivity index (χ2n) is 4.59. The fourth-order valence-electron chi connectivity index (χ4n) is 2.03. The van der Waals surface area contributed by atoms with Crippen molar-refractivity contribution in [1.29, 1.82) is 0 Å². The maximum atomic E-state index is 12.2. The van der Waals surface area contributed by atoms with Crippen LogP contribution in [0.25, 0.3) is 0 Å². The van der Waals surface area contributed by atoms with Crippen LogP contribution in [0.3, 0.4) is 0 Å². The molecule has 2 heterocycles. The van der Waals surface area contributed by atoms with E-state index in [4.69, 9.17) is 4.52 Å². The number of carbonyl (C=O) groups excluding carboxylic acids is 3. The summed E-state index contributed by atoms with van der Waals surface area (Å²) < 4.78 is 4.99. The quantitative estimate of drug-likeness (QED) is 0.742. The molecule has 1 aromatic rings. The van der Waals surface area contributed by atoms with E-state index in [0.717, 1.165) is 0 Å². The second-order valence-corrected chi connectivity index (χ2v) is 4.59. The van der Waals surface area contributed by atoms with Crippen molar-refractivity contribution >= 4 is 17.7 Å². The Hall–Kier alpha value is -2.18. The molecule has 19 heavy (non-hydrogen) atoms. The van der Waals surface area contributed by atoms with E-state index in [1.165, 1.54) is 4.90 Å². The number of imide groups is 1. The summed E-state index contributed by atoms with van der Waals surface area (Å²) in [6.45, 7) is 4.96. The predicted molar refractivity (Wildman–Crippen MR) is 64.0 cm³/mol. The molecule has 1 aliphatic heterocycles. The minimum Gasteiger partial charge on any atom is -0.361 e. The lowest BCUT2D eigenvalue weighted by Gasteiger charge is -2.31. The number of nitrogens with zero attached hydrogens (tertiary/aromatic N) is 2. The van der Waals surface area contributed by atoms with E-state index >= 15 is 0 Å². The summed E-state index contributed by atoms with van der Waals surface area (Å²) in [6, 6.07) is -0.648. The summed E-state index contributed by atoms with van der Waals surface area (Å²) in [5.74, 6) is -0.630. The van der Waals surface area contributed by atoms with E-state index in [-0.39, 0.29) is 18.9 Å². The smallest absolute Gasteiger partial charge is 0.249 e. The number of nitrogens with one attached hydrogen (secondary N) is 1. The third-order valence-corrected chi connectivity index (χ3v) is 3.25. The van der Waals surface area contributed by atoms with E-state index in [1.807, 2.05) is 0 Å². The van der Waals surface area contributed by atoms with Gasteiger partial charge in [0.15, 0.2) is 0 Å². The molecular weight excluding hydrogens is 250 g/mol. The molecule has 0 aliphatic carbocycles. The molecule has 1 aliphatic rings. The highest BCUT2D eigenvalue weighted by atomic mass is 16.5. The van der Waals surface area contributed by atoms with Gasteiger partial charge < -0.3 is 9.42 Å². The fraction of sp³-hybridized carbons (Fsp3) is 0.500. The lowest BCUT2D eigenvalue weighted by Crippen LogP contribution is -2.58. The Kier molecular flexibility index (Phi) is 3.37. The summed E-state index contributed by atoms with van der Waals surface area (Å²) in [7, 11) is 0. The van der Waals surface area contributed by atoms with Crippen molar-refractivity contribution in [3.05, 3.63) is 17.0 Å². The van der Waals surface area contributed by atoms with Crippen LogP contribution in [0.4, 0.5) is 0 Å². The van der Waals surface area contributed by atoms with Gasteiger partial charge in [0, 0.05) is 5.56 Å². The topological polar surface area (TPSA) is 92.5 Å². The lowest BCUT2D eigenvalue weighted by molar-refractivity contribution is -0.149. The van der Waals surface area contributed by atoms with Gasteiger partial charge in [0.1, 0.15) is 18.3 Å². The monoisotopic (exact) mass is 265 g/mol. The van der Waals surface area contributed by atoms with Crippen LogP contribution in [-0.4, -0.2) is 40.4 Å². The summed E-state index contributed by atoms with van der Waals surface area (Å²) in [6.07, 6.45) is 0.0755. The molecule has 1 atom stereocenters. The molecule has 7 nitrogen and oxygen atoms in total. The minimum absolute atomic E-state index is 0.0755. The van der Waals surface area contributed by atoms with Crippen molar-refractivity contribution in [3.63, 3.8) is 0 Å². The molecule has 1 N–H and O–H groups in total. The molecule has 1 aromatic heterocycles. The van der Waals surface area contributed by atoms with Crippen molar-refractivity contribution in [1.82, 2.24) is 15.4 Å². The Morgan fingerprint density at radius 1 is 1.47 bits per heavy atom. The molecule has 0 spiro atoms. The van der Waals surface area contributed by atoms with Crippen molar-refractivity contribution < 1.29 is 18.9 Å². The number of hydrogen-bond acceptors (Lipinski definition) is 5. The largest absolute Gasteiger partial charge is 0.361 e. The Morgan fingerprint density at radius 3 is 2.74 bits per heavy atom. The molecule has 0 radical (unpaired) electrons. The van der Waals surface area contributed by atoms with Gasteiger partial charge in [-0.1, -0.05) is 5.16 Å². The van der Waals surface area contributed by atoms with E-state index in [0.29, 0.717) is 17.0 Å². The van der Waals surface area contributed by atoms with Crippen LogP contribution in [-0.2, 0) is 20.8 Å². The number of amides is 3. The van der Waals surface area contributed by atoms with Crippen molar-refractivity contribution in [3.8, 4) is 0 Å². The van der Waals surface area contributed by atoms with E-state index in [2.05, 4.69) is 10.5 Å². The Balaban J connectivity index is 2.15. The van der Waals surface area contributed by atoms with Gasteiger partial charge in [-0.2, -0.15) is 0 Å². The first-order valence-electron chi connectivity index (χ1n) is 5.95. The number of aromatic nitrogens is 1. The number of piperazine rings is 1. The zero-order valence-electron chi connectivity index (χ0n) is 11.0. The first-order chi connectivity index (χ1) is 8.90. The van der Waals surface area contributed by atoms with Crippen molar-refractivity contribution in [2.24, 2.45) is 0 Å². The molecule has 2 rings (SSSR count). The van der Waals surface area contributed by atoms with Crippen LogP contribution in [0.2, 0.25) is 0 Å². The molecule has 1 unspecified atom stereocenters. The van der Waals surface area contributed by atoms with Crippen LogP contribution in [0, 0.1) is 13.8 Å². The molecule has 0 bridgehead atoms. The summed E-state index contributed by atoms with van der Waals surface area (Å²) in [5, 5.41) is 5.96. The molecular formula is C12H15N3O4. The molecule has 1 saturated heterocycles.